The van der Waals surface area contributed by atoms with Gasteiger partial charge in [0.1, 0.15) is 5.60 Å². The number of hydrogen-bond donors (Lipinski definition) is 2. The molecule has 0 spiro atoms. The quantitative estimate of drug-likeness (QED) is 0.355. The summed E-state index contributed by atoms with van der Waals surface area (Å²) in [7, 11) is 0. The van der Waals surface area contributed by atoms with E-state index >= 15 is 0 Å². The van der Waals surface area contributed by atoms with Gasteiger partial charge >= 0.3 is 5.97 Å². The van der Waals surface area contributed by atoms with E-state index in [-0.39, 0.29) is 16.9 Å². The largest absolute Gasteiger partial charge is 0.478 e. The summed E-state index contributed by atoms with van der Waals surface area (Å²) in [5, 5.41) is 18.6. The van der Waals surface area contributed by atoms with Crippen molar-refractivity contribution in [1.29, 1.82) is 0 Å². The minimum atomic E-state index is -0.969. The predicted molar refractivity (Wildman–Crippen MR) is 71.7 cm³/mol. The standard InChI is InChI=1S/C15H22O4/c1-10-5-4-7-14(3)8-6-12(11(2)13(16)17)9-15(10,14)19-18/h12,18H,1-2,4-9H2,3H3,(H,16,17). The molecule has 2 aliphatic rings. The Bertz CT molecular complexity index is 428. The second kappa shape index (κ2) is 4.76. The number of hydrogen-bond acceptors (Lipinski definition) is 3. The Hall–Kier alpha value is -1.13. The summed E-state index contributed by atoms with van der Waals surface area (Å²) < 4.78 is 0. The van der Waals surface area contributed by atoms with Crippen LogP contribution in [-0.2, 0) is 9.68 Å². The summed E-state index contributed by atoms with van der Waals surface area (Å²) in [5.41, 5.74) is 0.113. The van der Waals surface area contributed by atoms with Crippen LogP contribution in [0.3, 0.4) is 0 Å². The van der Waals surface area contributed by atoms with Crippen LogP contribution < -0.4 is 0 Å². The van der Waals surface area contributed by atoms with Crippen LogP contribution in [0.25, 0.3) is 0 Å². The van der Waals surface area contributed by atoms with Crippen molar-refractivity contribution in [3.05, 3.63) is 24.3 Å². The van der Waals surface area contributed by atoms with Crippen molar-refractivity contribution in [2.45, 2.75) is 51.0 Å². The molecule has 0 aliphatic heterocycles. The van der Waals surface area contributed by atoms with Crippen LogP contribution in [0.15, 0.2) is 24.3 Å². The summed E-state index contributed by atoms with van der Waals surface area (Å²) in [4.78, 5) is 16.0. The van der Waals surface area contributed by atoms with Gasteiger partial charge in [-0.1, -0.05) is 20.1 Å². The smallest absolute Gasteiger partial charge is 0.331 e. The van der Waals surface area contributed by atoms with E-state index in [1.807, 2.05) is 0 Å². The molecule has 0 aromatic carbocycles. The topological polar surface area (TPSA) is 66.8 Å². The highest BCUT2D eigenvalue weighted by molar-refractivity contribution is 5.86. The van der Waals surface area contributed by atoms with Gasteiger partial charge in [0.15, 0.2) is 0 Å². The van der Waals surface area contributed by atoms with Crippen LogP contribution in [-0.4, -0.2) is 21.9 Å². The van der Waals surface area contributed by atoms with E-state index < -0.39 is 11.6 Å². The highest BCUT2D eigenvalue weighted by Gasteiger charge is 2.57. The molecule has 0 bridgehead atoms. The van der Waals surface area contributed by atoms with Crippen LogP contribution in [0, 0.1) is 11.3 Å². The molecule has 2 saturated carbocycles. The van der Waals surface area contributed by atoms with E-state index in [9.17, 15) is 10.1 Å². The van der Waals surface area contributed by atoms with Crippen molar-refractivity contribution in [2.75, 3.05) is 0 Å². The molecular formula is C15H22O4. The Morgan fingerprint density at radius 3 is 2.74 bits per heavy atom. The molecule has 4 heteroatoms. The van der Waals surface area contributed by atoms with Gasteiger partial charge in [-0.15, -0.1) is 0 Å². The molecule has 0 saturated heterocycles. The van der Waals surface area contributed by atoms with Gasteiger partial charge in [-0.3, -0.25) is 5.26 Å². The van der Waals surface area contributed by atoms with Crippen LogP contribution in [0.2, 0.25) is 0 Å². The number of carboxylic acid groups (broad SMARTS) is 1. The number of fused-ring (bicyclic) bond motifs is 1. The fraction of sp³-hybridized carbons (Fsp3) is 0.667. The Labute approximate surface area is 113 Å². The van der Waals surface area contributed by atoms with Crippen molar-refractivity contribution < 1.29 is 20.0 Å². The molecular weight excluding hydrogens is 244 g/mol. The van der Waals surface area contributed by atoms with E-state index in [0.717, 1.165) is 37.7 Å². The molecule has 0 radical (unpaired) electrons. The van der Waals surface area contributed by atoms with Gasteiger partial charge in [0, 0.05) is 11.0 Å². The van der Waals surface area contributed by atoms with Crippen LogP contribution >= 0.6 is 0 Å². The number of aliphatic carboxylic acids is 1. The monoisotopic (exact) mass is 266 g/mol. The molecule has 2 rings (SSSR count). The van der Waals surface area contributed by atoms with Crippen molar-refractivity contribution in [3.8, 4) is 0 Å². The van der Waals surface area contributed by atoms with Gasteiger partial charge in [-0.2, -0.15) is 0 Å². The highest BCUT2D eigenvalue weighted by atomic mass is 17.1. The predicted octanol–water partition coefficient (Wildman–Crippen LogP) is 3.40. The van der Waals surface area contributed by atoms with Crippen LogP contribution in [0.4, 0.5) is 0 Å². The maximum Gasteiger partial charge on any atom is 0.331 e. The molecule has 3 unspecified atom stereocenters. The summed E-state index contributed by atoms with van der Waals surface area (Å²) in [6.07, 6.45) is 4.90. The van der Waals surface area contributed by atoms with Gasteiger partial charge in [0.05, 0.1) is 0 Å². The van der Waals surface area contributed by atoms with Gasteiger partial charge in [0.25, 0.3) is 0 Å². The molecule has 0 heterocycles. The first-order valence-corrected chi connectivity index (χ1v) is 6.79. The Kier molecular flexibility index (Phi) is 3.58. The van der Waals surface area contributed by atoms with Crippen LogP contribution in [0.1, 0.15) is 45.4 Å². The zero-order chi connectivity index (χ0) is 14.3. The molecule has 3 atom stereocenters. The van der Waals surface area contributed by atoms with Crippen molar-refractivity contribution in [3.63, 3.8) is 0 Å². The fourth-order valence-electron chi connectivity index (χ4n) is 3.87. The third-order valence-corrected chi connectivity index (χ3v) is 5.25. The molecule has 0 amide bonds. The summed E-state index contributed by atoms with van der Waals surface area (Å²) >= 11 is 0. The minimum Gasteiger partial charge on any atom is -0.478 e. The summed E-state index contributed by atoms with van der Waals surface area (Å²) in [5.74, 6) is -1.13. The second-order valence-corrected chi connectivity index (χ2v) is 6.21. The van der Waals surface area contributed by atoms with Crippen molar-refractivity contribution in [2.24, 2.45) is 11.3 Å². The van der Waals surface area contributed by atoms with E-state index in [1.165, 1.54) is 0 Å². The molecule has 2 fully saturated rings. The maximum atomic E-state index is 11.1. The normalized spacial score (nSPS) is 38.6. The third kappa shape index (κ3) is 2.03. The van der Waals surface area contributed by atoms with E-state index in [1.54, 1.807) is 0 Å². The lowest BCUT2D eigenvalue weighted by molar-refractivity contribution is -0.354. The molecule has 2 N–H and O–H groups in total. The SMILES string of the molecule is C=C(C(=O)O)C1CCC2(C)CCCC(=C)C2(OO)C1. The first-order chi connectivity index (χ1) is 8.86. The van der Waals surface area contributed by atoms with Gasteiger partial charge in [-0.05, 0) is 50.0 Å². The van der Waals surface area contributed by atoms with E-state index in [4.69, 9.17) is 9.99 Å². The molecule has 106 valence electrons. The zero-order valence-electron chi connectivity index (χ0n) is 11.4. The average Bonchev–Trinajstić information content (AvgIpc) is 2.37. The Balaban J connectivity index is 2.33. The molecule has 19 heavy (non-hydrogen) atoms. The molecule has 4 nitrogen and oxygen atoms in total. The number of carboxylic acids is 1. The van der Waals surface area contributed by atoms with Gasteiger partial charge < -0.3 is 5.11 Å². The molecule has 2 aliphatic carbocycles. The van der Waals surface area contributed by atoms with Gasteiger partial charge in [-0.25, -0.2) is 9.68 Å². The van der Waals surface area contributed by atoms with E-state index in [2.05, 4.69) is 20.1 Å². The summed E-state index contributed by atoms with van der Waals surface area (Å²) in [6.45, 7) is 9.83. The average molecular weight is 266 g/mol. The van der Waals surface area contributed by atoms with Crippen molar-refractivity contribution >= 4 is 5.97 Å². The number of carbonyl (C=O) groups is 1. The maximum absolute atomic E-state index is 11.1. The summed E-state index contributed by atoms with van der Waals surface area (Å²) in [6, 6.07) is 0. The molecule has 0 aromatic heterocycles. The minimum absolute atomic E-state index is 0.160. The number of rotatable bonds is 3. The second-order valence-electron chi connectivity index (χ2n) is 6.21. The van der Waals surface area contributed by atoms with E-state index in [0.29, 0.717) is 6.42 Å². The Morgan fingerprint density at radius 1 is 1.47 bits per heavy atom. The molecule has 0 aromatic rings. The Morgan fingerprint density at radius 2 is 2.16 bits per heavy atom. The lowest BCUT2D eigenvalue weighted by Gasteiger charge is -2.55. The van der Waals surface area contributed by atoms with Crippen molar-refractivity contribution in [1.82, 2.24) is 0 Å². The third-order valence-electron chi connectivity index (χ3n) is 5.25. The van der Waals surface area contributed by atoms with Gasteiger partial charge in [0.2, 0.25) is 0 Å². The highest BCUT2D eigenvalue weighted by Crippen LogP contribution is 2.58. The first-order valence-electron chi connectivity index (χ1n) is 6.79. The lowest BCUT2D eigenvalue weighted by atomic mass is 9.53. The first kappa shape index (κ1) is 14.3. The fourth-order valence-corrected chi connectivity index (χ4v) is 3.87. The van der Waals surface area contributed by atoms with Crippen LogP contribution in [0.5, 0.6) is 0 Å². The lowest BCUT2D eigenvalue weighted by Crippen LogP contribution is -2.56. The zero-order valence-corrected chi connectivity index (χ0v) is 11.4.